The number of nitrogens with one attached hydrogen (secondary N) is 1. The van der Waals surface area contributed by atoms with Crippen molar-refractivity contribution in [2.75, 3.05) is 27.1 Å². The molecule has 28 heavy (non-hydrogen) atoms. The molecule has 2 aromatic carbocycles. The molecule has 0 unspecified atom stereocenters. The van der Waals surface area contributed by atoms with Crippen LogP contribution in [0.4, 0.5) is 0 Å². The van der Waals surface area contributed by atoms with Crippen LogP contribution in [-0.2, 0) is 0 Å². The van der Waals surface area contributed by atoms with Crippen molar-refractivity contribution in [2.45, 2.75) is 0 Å². The lowest BCUT2D eigenvalue weighted by Crippen LogP contribution is -2.23. The van der Waals surface area contributed by atoms with E-state index in [0.29, 0.717) is 28.6 Å². The molecule has 3 aromatic rings. The summed E-state index contributed by atoms with van der Waals surface area (Å²) in [4.78, 5) is 12.2. The zero-order chi connectivity index (χ0) is 19.3. The van der Waals surface area contributed by atoms with Crippen molar-refractivity contribution in [2.24, 2.45) is 0 Å². The Labute approximate surface area is 161 Å². The van der Waals surface area contributed by atoms with Crippen molar-refractivity contribution in [3.8, 4) is 34.8 Å². The number of furan rings is 1. The van der Waals surface area contributed by atoms with Gasteiger partial charge in [-0.3, -0.25) is 4.79 Å². The third-order valence-corrected chi connectivity index (χ3v) is 4.07. The van der Waals surface area contributed by atoms with Crippen LogP contribution >= 0.6 is 0 Å². The van der Waals surface area contributed by atoms with Crippen LogP contribution in [0.15, 0.2) is 46.9 Å². The quantitative estimate of drug-likeness (QED) is 0.687. The van der Waals surface area contributed by atoms with E-state index in [0.717, 1.165) is 5.39 Å². The van der Waals surface area contributed by atoms with Gasteiger partial charge in [-0.15, -0.1) is 0 Å². The maximum absolute atomic E-state index is 12.2. The summed E-state index contributed by atoms with van der Waals surface area (Å²) in [5.41, 5.74) is 0.540. The summed E-state index contributed by atoms with van der Waals surface area (Å²) >= 11 is 0. The van der Waals surface area contributed by atoms with Gasteiger partial charge < -0.3 is 28.7 Å². The SMILES string of the molecule is COc1cccc2cc(C(=O)NCC#CCOc3ccc4c(c3)OCO4)oc12. The summed E-state index contributed by atoms with van der Waals surface area (Å²) in [5, 5.41) is 3.49. The largest absolute Gasteiger partial charge is 0.493 e. The van der Waals surface area contributed by atoms with Gasteiger partial charge in [-0.2, -0.15) is 0 Å². The lowest BCUT2D eigenvalue weighted by molar-refractivity contribution is 0.0933. The normalized spacial score (nSPS) is 11.6. The number of hydrogen-bond donors (Lipinski definition) is 1. The van der Waals surface area contributed by atoms with E-state index < -0.39 is 0 Å². The maximum Gasteiger partial charge on any atom is 0.287 e. The highest BCUT2D eigenvalue weighted by Gasteiger charge is 2.14. The number of amides is 1. The molecule has 0 aliphatic carbocycles. The summed E-state index contributed by atoms with van der Waals surface area (Å²) in [6, 6.07) is 12.5. The number of ether oxygens (including phenoxy) is 4. The molecule has 0 fully saturated rings. The van der Waals surface area contributed by atoms with E-state index >= 15 is 0 Å². The van der Waals surface area contributed by atoms with Gasteiger partial charge in [0.05, 0.1) is 13.7 Å². The Morgan fingerprint density at radius 2 is 2.04 bits per heavy atom. The number of carbonyl (C=O) groups is 1. The van der Waals surface area contributed by atoms with E-state index in [1.165, 1.54) is 0 Å². The van der Waals surface area contributed by atoms with Crippen molar-refractivity contribution >= 4 is 16.9 Å². The molecule has 1 N–H and O–H groups in total. The Kier molecular flexibility index (Phi) is 4.93. The van der Waals surface area contributed by atoms with Crippen molar-refractivity contribution in [1.82, 2.24) is 5.32 Å². The first-order chi connectivity index (χ1) is 13.7. The van der Waals surface area contributed by atoms with E-state index in [-0.39, 0.29) is 31.6 Å². The minimum atomic E-state index is -0.343. The van der Waals surface area contributed by atoms with Crippen molar-refractivity contribution < 1.29 is 28.2 Å². The van der Waals surface area contributed by atoms with Crippen molar-refractivity contribution in [3.05, 3.63) is 48.2 Å². The summed E-state index contributed by atoms with van der Waals surface area (Å²) in [7, 11) is 1.55. The second-order valence-corrected chi connectivity index (χ2v) is 5.83. The summed E-state index contributed by atoms with van der Waals surface area (Å²) in [6.07, 6.45) is 0. The molecule has 7 heteroatoms. The van der Waals surface area contributed by atoms with Gasteiger partial charge in [-0.05, 0) is 24.3 Å². The predicted octanol–water partition coefficient (Wildman–Crippen LogP) is 2.98. The van der Waals surface area contributed by atoms with E-state index in [1.807, 2.05) is 12.1 Å². The summed E-state index contributed by atoms with van der Waals surface area (Å²) in [6.45, 7) is 0.588. The van der Waals surface area contributed by atoms with Crippen LogP contribution in [-0.4, -0.2) is 33.0 Å². The number of benzene rings is 2. The van der Waals surface area contributed by atoms with Crippen LogP contribution in [0.1, 0.15) is 10.6 Å². The Balaban J connectivity index is 1.28. The third-order valence-electron chi connectivity index (χ3n) is 4.07. The van der Waals surface area contributed by atoms with Crippen LogP contribution in [0.3, 0.4) is 0 Å². The average Bonchev–Trinajstić information content (AvgIpc) is 3.36. The highest BCUT2D eigenvalue weighted by atomic mass is 16.7. The first-order valence-corrected chi connectivity index (χ1v) is 8.57. The standard InChI is InChI=1S/C21H17NO6/c1-24-17-6-4-5-14-11-19(28-20(14)17)21(23)22-9-2-3-10-25-15-7-8-16-18(12-15)27-13-26-16/h4-8,11-12H,9-10,13H2,1H3,(H,22,23). The molecule has 4 rings (SSSR count). The molecule has 1 aromatic heterocycles. The van der Waals surface area contributed by atoms with Gasteiger partial charge in [-0.25, -0.2) is 0 Å². The van der Waals surface area contributed by atoms with E-state index in [4.69, 9.17) is 23.4 Å². The van der Waals surface area contributed by atoms with Crippen LogP contribution in [0.2, 0.25) is 0 Å². The van der Waals surface area contributed by atoms with E-state index in [9.17, 15) is 4.79 Å². The number of para-hydroxylation sites is 1. The fourth-order valence-electron chi connectivity index (χ4n) is 2.72. The molecule has 0 radical (unpaired) electrons. The molecular weight excluding hydrogens is 362 g/mol. The minimum absolute atomic E-state index is 0.178. The first kappa shape index (κ1) is 17.6. The smallest absolute Gasteiger partial charge is 0.287 e. The monoisotopic (exact) mass is 379 g/mol. The zero-order valence-electron chi connectivity index (χ0n) is 15.1. The van der Waals surface area contributed by atoms with Crippen LogP contribution in [0, 0.1) is 11.8 Å². The van der Waals surface area contributed by atoms with Crippen LogP contribution < -0.4 is 24.3 Å². The Hall–Kier alpha value is -3.79. The highest BCUT2D eigenvalue weighted by molar-refractivity contribution is 5.97. The molecule has 142 valence electrons. The fourth-order valence-corrected chi connectivity index (χ4v) is 2.72. The topological polar surface area (TPSA) is 79.2 Å². The predicted molar refractivity (Wildman–Crippen MR) is 101 cm³/mol. The van der Waals surface area contributed by atoms with Gasteiger partial charge in [0.15, 0.2) is 28.6 Å². The van der Waals surface area contributed by atoms with Crippen LogP contribution in [0.5, 0.6) is 23.0 Å². The lowest BCUT2D eigenvalue weighted by atomic mass is 10.2. The van der Waals surface area contributed by atoms with Gasteiger partial charge in [0, 0.05) is 11.5 Å². The molecule has 0 atom stereocenters. The zero-order valence-corrected chi connectivity index (χ0v) is 15.1. The van der Waals surface area contributed by atoms with Gasteiger partial charge in [0.2, 0.25) is 6.79 Å². The number of fused-ring (bicyclic) bond motifs is 2. The average molecular weight is 379 g/mol. The first-order valence-electron chi connectivity index (χ1n) is 8.57. The van der Waals surface area contributed by atoms with Gasteiger partial charge >= 0.3 is 0 Å². The van der Waals surface area contributed by atoms with Gasteiger partial charge in [-0.1, -0.05) is 24.0 Å². The third kappa shape index (κ3) is 3.67. The second kappa shape index (κ2) is 7.84. The molecule has 0 saturated carbocycles. The Bertz CT molecular complexity index is 1080. The highest BCUT2D eigenvalue weighted by Crippen LogP contribution is 2.35. The molecule has 0 saturated heterocycles. The molecular formula is C21H17NO6. The fraction of sp³-hybridized carbons (Fsp3) is 0.190. The summed E-state index contributed by atoms with van der Waals surface area (Å²) < 4.78 is 26.9. The molecule has 2 heterocycles. The van der Waals surface area contributed by atoms with Crippen molar-refractivity contribution in [3.63, 3.8) is 0 Å². The second-order valence-electron chi connectivity index (χ2n) is 5.83. The van der Waals surface area contributed by atoms with Gasteiger partial charge in [0.25, 0.3) is 5.91 Å². The molecule has 1 aliphatic heterocycles. The molecule has 1 aliphatic rings. The number of hydrogen-bond acceptors (Lipinski definition) is 6. The lowest BCUT2D eigenvalue weighted by Gasteiger charge is -2.02. The Morgan fingerprint density at radius 3 is 2.93 bits per heavy atom. The van der Waals surface area contributed by atoms with Crippen LogP contribution in [0.25, 0.3) is 11.0 Å². The maximum atomic E-state index is 12.2. The van der Waals surface area contributed by atoms with E-state index in [2.05, 4.69) is 17.2 Å². The number of methoxy groups -OCH3 is 1. The number of carbonyl (C=O) groups excluding carboxylic acids is 1. The minimum Gasteiger partial charge on any atom is -0.493 e. The Morgan fingerprint density at radius 1 is 1.14 bits per heavy atom. The summed E-state index contributed by atoms with van der Waals surface area (Å²) in [5.74, 6) is 8.11. The molecule has 0 spiro atoms. The van der Waals surface area contributed by atoms with Gasteiger partial charge in [0.1, 0.15) is 12.4 Å². The van der Waals surface area contributed by atoms with E-state index in [1.54, 1.807) is 37.4 Å². The number of rotatable bonds is 5. The van der Waals surface area contributed by atoms with Crippen molar-refractivity contribution in [1.29, 1.82) is 0 Å². The molecule has 0 bridgehead atoms. The molecule has 1 amide bonds. The molecule has 7 nitrogen and oxygen atoms in total.